The molecule has 0 radical (unpaired) electrons. The minimum atomic E-state index is -3.72. The highest BCUT2D eigenvalue weighted by atomic mass is 32.2. The van der Waals surface area contributed by atoms with Crippen LogP contribution in [0, 0.1) is 6.92 Å². The Bertz CT molecular complexity index is 874. The Balaban J connectivity index is 1.89. The highest BCUT2D eigenvalue weighted by molar-refractivity contribution is 7.89. The summed E-state index contributed by atoms with van der Waals surface area (Å²) in [5.41, 5.74) is 2.14. The second-order valence-corrected chi connectivity index (χ2v) is 7.41. The molecular formula is C18H20N2O4S. The largest absolute Gasteiger partial charge is 0.326 e. The van der Waals surface area contributed by atoms with Crippen molar-refractivity contribution in [1.29, 1.82) is 0 Å². The quantitative estimate of drug-likeness (QED) is 0.742. The van der Waals surface area contributed by atoms with E-state index in [-0.39, 0.29) is 29.6 Å². The minimum Gasteiger partial charge on any atom is -0.326 e. The Kier molecular flexibility index (Phi) is 6.06. The first kappa shape index (κ1) is 18.8. The lowest BCUT2D eigenvalue weighted by Crippen LogP contribution is -2.27. The third-order valence-corrected chi connectivity index (χ3v) is 4.99. The van der Waals surface area contributed by atoms with Gasteiger partial charge in [0, 0.05) is 24.2 Å². The van der Waals surface area contributed by atoms with E-state index in [2.05, 4.69) is 10.0 Å². The average molecular weight is 360 g/mol. The molecule has 132 valence electrons. The van der Waals surface area contributed by atoms with E-state index in [4.69, 9.17) is 0 Å². The van der Waals surface area contributed by atoms with Crippen molar-refractivity contribution in [1.82, 2.24) is 4.72 Å². The van der Waals surface area contributed by atoms with Crippen LogP contribution in [0.3, 0.4) is 0 Å². The van der Waals surface area contributed by atoms with Gasteiger partial charge in [0.05, 0.1) is 4.90 Å². The van der Waals surface area contributed by atoms with Gasteiger partial charge < -0.3 is 5.32 Å². The first-order chi connectivity index (χ1) is 11.8. The van der Waals surface area contributed by atoms with Crippen molar-refractivity contribution in [2.75, 3.05) is 11.9 Å². The number of carbonyl (C=O) groups is 2. The van der Waals surface area contributed by atoms with Gasteiger partial charge in [0.1, 0.15) is 0 Å². The fourth-order valence-corrected chi connectivity index (χ4v) is 3.23. The number of Topliss-reactive ketones (excluding diaryl/α,β-unsaturated/α-hetero) is 1. The molecule has 0 bridgehead atoms. The van der Waals surface area contributed by atoms with Gasteiger partial charge in [0.2, 0.25) is 15.9 Å². The summed E-state index contributed by atoms with van der Waals surface area (Å²) < 4.78 is 26.7. The molecule has 2 rings (SSSR count). The van der Waals surface area contributed by atoms with Crippen LogP contribution in [0.4, 0.5) is 5.69 Å². The third kappa shape index (κ3) is 5.51. The summed E-state index contributed by atoms with van der Waals surface area (Å²) in [6, 6.07) is 13.0. The third-order valence-electron chi connectivity index (χ3n) is 3.52. The van der Waals surface area contributed by atoms with E-state index in [0.29, 0.717) is 11.3 Å². The van der Waals surface area contributed by atoms with Gasteiger partial charge in [-0.2, -0.15) is 0 Å². The summed E-state index contributed by atoms with van der Waals surface area (Å²) in [5, 5.41) is 2.72. The number of amides is 1. The van der Waals surface area contributed by atoms with Gasteiger partial charge in [-0.05, 0) is 43.7 Å². The van der Waals surface area contributed by atoms with E-state index in [0.717, 1.165) is 5.56 Å². The molecule has 2 aromatic carbocycles. The molecule has 25 heavy (non-hydrogen) atoms. The van der Waals surface area contributed by atoms with Crippen LogP contribution in [0.2, 0.25) is 0 Å². The van der Waals surface area contributed by atoms with Crippen molar-refractivity contribution in [2.45, 2.75) is 25.2 Å². The topological polar surface area (TPSA) is 92.3 Å². The fourth-order valence-electron chi connectivity index (χ4n) is 2.20. The maximum Gasteiger partial charge on any atom is 0.240 e. The average Bonchev–Trinajstić information content (AvgIpc) is 2.54. The highest BCUT2D eigenvalue weighted by Crippen LogP contribution is 2.12. The summed E-state index contributed by atoms with van der Waals surface area (Å²) in [5.74, 6) is -0.412. The SMILES string of the molecule is CC(=O)c1ccc(S(=O)(=O)NCCC(=O)Nc2cccc(C)c2)cc1. The van der Waals surface area contributed by atoms with Crippen molar-refractivity contribution >= 4 is 27.4 Å². The predicted molar refractivity (Wildman–Crippen MR) is 96.1 cm³/mol. The Morgan fingerprint density at radius 3 is 2.32 bits per heavy atom. The van der Waals surface area contributed by atoms with Crippen LogP contribution in [0.15, 0.2) is 53.4 Å². The molecule has 2 N–H and O–H groups in total. The Morgan fingerprint density at radius 1 is 1.04 bits per heavy atom. The van der Waals surface area contributed by atoms with E-state index in [1.165, 1.54) is 31.2 Å². The smallest absolute Gasteiger partial charge is 0.240 e. The zero-order chi connectivity index (χ0) is 18.4. The molecule has 0 aliphatic carbocycles. The maximum atomic E-state index is 12.2. The monoisotopic (exact) mass is 360 g/mol. The molecule has 1 amide bonds. The van der Waals surface area contributed by atoms with Crippen LogP contribution in [0.1, 0.15) is 29.3 Å². The number of hydrogen-bond acceptors (Lipinski definition) is 4. The lowest BCUT2D eigenvalue weighted by atomic mass is 10.2. The normalized spacial score (nSPS) is 11.1. The van der Waals surface area contributed by atoms with Crippen molar-refractivity contribution < 1.29 is 18.0 Å². The van der Waals surface area contributed by atoms with E-state index < -0.39 is 10.0 Å². The first-order valence-electron chi connectivity index (χ1n) is 7.75. The molecule has 0 spiro atoms. The second kappa shape index (κ2) is 8.04. The maximum absolute atomic E-state index is 12.2. The molecule has 2 aromatic rings. The molecule has 0 unspecified atom stereocenters. The van der Waals surface area contributed by atoms with E-state index in [9.17, 15) is 18.0 Å². The summed E-state index contributed by atoms with van der Waals surface area (Å²) in [4.78, 5) is 23.1. The van der Waals surface area contributed by atoms with E-state index in [1.54, 1.807) is 6.07 Å². The molecular weight excluding hydrogens is 340 g/mol. The van der Waals surface area contributed by atoms with E-state index >= 15 is 0 Å². The molecule has 0 heterocycles. The molecule has 0 fully saturated rings. The van der Waals surface area contributed by atoms with Crippen LogP contribution < -0.4 is 10.0 Å². The molecule has 0 aromatic heterocycles. The number of aryl methyl sites for hydroxylation is 1. The lowest BCUT2D eigenvalue weighted by molar-refractivity contribution is -0.116. The van der Waals surface area contributed by atoms with Gasteiger partial charge in [-0.15, -0.1) is 0 Å². The molecule has 0 saturated heterocycles. The van der Waals surface area contributed by atoms with Crippen molar-refractivity contribution in [2.24, 2.45) is 0 Å². The molecule has 0 atom stereocenters. The summed E-state index contributed by atoms with van der Waals surface area (Å²) in [6.45, 7) is 3.31. The molecule has 6 nitrogen and oxygen atoms in total. The first-order valence-corrected chi connectivity index (χ1v) is 9.23. The highest BCUT2D eigenvalue weighted by Gasteiger charge is 2.14. The van der Waals surface area contributed by atoms with Gasteiger partial charge >= 0.3 is 0 Å². The number of ketones is 1. The lowest BCUT2D eigenvalue weighted by Gasteiger charge is -2.08. The Hall–Kier alpha value is -2.51. The molecule has 7 heteroatoms. The van der Waals surface area contributed by atoms with Crippen LogP contribution in [-0.2, 0) is 14.8 Å². The number of carbonyl (C=O) groups excluding carboxylic acids is 2. The number of sulfonamides is 1. The summed E-state index contributed by atoms with van der Waals surface area (Å²) in [6.07, 6.45) is 0.0126. The van der Waals surface area contributed by atoms with Gasteiger partial charge in [0.15, 0.2) is 5.78 Å². The van der Waals surface area contributed by atoms with E-state index in [1.807, 2.05) is 25.1 Å². The molecule has 0 aliphatic rings. The van der Waals surface area contributed by atoms with Gasteiger partial charge in [0.25, 0.3) is 0 Å². The minimum absolute atomic E-state index is 0.0126. The zero-order valence-corrected chi connectivity index (χ0v) is 14.9. The van der Waals surface area contributed by atoms with Crippen LogP contribution in [0.5, 0.6) is 0 Å². The standard InChI is InChI=1S/C18H20N2O4S/c1-13-4-3-5-16(12-13)20-18(22)10-11-19-25(23,24)17-8-6-15(7-9-17)14(2)21/h3-9,12,19H,10-11H2,1-2H3,(H,20,22). The second-order valence-electron chi connectivity index (χ2n) is 5.65. The fraction of sp³-hybridized carbons (Fsp3) is 0.222. The summed E-state index contributed by atoms with van der Waals surface area (Å²) in [7, 11) is -3.72. The number of benzene rings is 2. The van der Waals surface area contributed by atoms with Crippen LogP contribution >= 0.6 is 0 Å². The number of anilines is 1. The van der Waals surface area contributed by atoms with Crippen molar-refractivity contribution in [3.05, 3.63) is 59.7 Å². The number of rotatable bonds is 7. The number of hydrogen-bond donors (Lipinski definition) is 2. The van der Waals surface area contributed by atoms with Gasteiger partial charge in [-0.1, -0.05) is 24.3 Å². The van der Waals surface area contributed by atoms with Gasteiger partial charge in [-0.25, -0.2) is 13.1 Å². The van der Waals surface area contributed by atoms with Gasteiger partial charge in [-0.3, -0.25) is 9.59 Å². The summed E-state index contributed by atoms with van der Waals surface area (Å²) >= 11 is 0. The van der Waals surface area contributed by atoms with Crippen LogP contribution in [-0.4, -0.2) is 26.7 Å². The number of nitrogens with one attached hydrogen (secondary N) is 2. The zero-order valence-electron chi connectivity index (χ0n) is 14.1. The Labute approximate surface area is 147 Å². The Morgan fingerprint density at radius 2 is 1.72 bits per heavy atom. The van der Waals surface area contributed by atoms with Crippen LogP contribution in [0.25, 0.3) is 0 Å². The van der Waals surface area contributed by atoms with Crippen molar-refractivity contribution in [3.63, 3.8) is 0 Å². The molecule has 0 saturated carbocycles. The molecule has 0 aliphatic heterocycles. The van der Waals surface area contributed by atoms with Crippen molar-refractivity contribution in [3.8, 4) is 0 Å². The predicted octanol–water partition coefficient (Wildman–Crippen LogP) is 2.50.